The molecule has 2 aromatic rings. The highest BCUT2D eigenvalue weighted by atomic mass is 32.2. The van der Waals surface area contributed by atoms with Gasteiger partial charge in [0, 0.05) is 13.0 Å². The number of amides is 1. The van der Waals surface area contributed by atoms with Crippen LogP contribution in [0.15, 0.2) is 41.6 Å². The molecule has 1 aliphatic heterocycles. The summed E-state index contributed by atoms with van der Waals surface area (Å²) in [6.07, 6.45) is -8.25. The number of anilines is 1. The van der Waals surface area contributed by atoms with Crippen molar-refractivity contribution in [1.82, 2.24) is 9.97 Å². The lowest BCUT2D eigenvalue weighted by Gasteiger charge is -2.39. The molecule has 0 unspecified atom stereocenters. The molecule has 1 aromatic heterocycles. The lowest BCUT2D eigenvalue weighted by Crippen LogP contribution is -2.49. The fraction of sp³-hybridized carbons (Fsp3) is 0.450. The van der Waals surface area contributed by atoms with E-state index >= 15 is 0 Å². The quantitative estimate of drug-likeness (QED) is 0.584. The van der Waals surface area contributed by atoms with Gasteiger partial charge in [0.2, 0.25) is 5.91 Å². The summed E-state index contributed by atoms with van der Waals surface area (Å²) in [6, 6.07) is 3.40. The standard InChI is InChI=1S/C20H19F6N3O3S/c1-18(2,33(31,32)14-5-3-4-13(8-14)19(21,22)23)12-6-7-29(17(30)9-12)16-11-27-15(10-28-16)20(24,25)26/h3-5,8,10-12H,6-7,9H2,1-2H3/t12-/m1/s1. The van der Waals surface area contributed by atoms with Crippen LogP contribution in [0.3, 0.4) is 0 Å². The average Bonchev–Trinajstić information content (AvgIpc) is 2.72. The SMILES string of the molecule is CC(C)([C@@H]1CCN(c2cnc(C(F)(F)F)cn2)C(=O)C1)S(=O)(=O)c1cccc(C(F)(F)F)c1. The van der Waals surface area contributed by atoms with Crippen molar-refractivity contribution >= 4 is 21.6 Å². The van der Waals surface area contributed by atoms with Crippen LogP contribution in [0.2, 0.25) is 0 Å². The Morgan fingerprint density at radius 2 is 1.67 bits per heavy atom. The van der Waals surface area contributed by atoms with Gasteiger partial charge in [-0.2, -0.15) is 26.3 Å². The third kappa shape index (κ3) is 4.82. The van der Waals surface area contributed by atoms with Crippen molar-refractivity contribution in [2.24, 2.45) is 5.92 Å². The van der Waals surface area contributed by atoms with Crippen molar-refractivity contribution in [3.8, 4) is 0 Å². The Balaban J connectivity index is 1.82. The number of nitrogens with zero attached hydrogens (tertiary/aromatic N) is 3. The van der Waals surface area contributed by atoms with Crippen molar-refractivity contribution in [1.29, 1.82) is 0 Å². The van der Waals surface area contributed by atoms with Crippen LogP contribution in [-0.2, 0) is 27.0 Å². The zero-order valence-corrected chi connectivity index (χ0v) is 18.2. The largest absolute Gasteiger partial charge is 0.434 e. The van der Waals surface area contributed by atoms with Crippen LogP contribution in [0.25, 0.3) is 0 Å². The fourth-order valence-corrected chi connectivity index (χ4v) is 5.43. The van der Waals surface area contributed by atoms with Crippen molar-refractivity contribution < 1.29 is 39.6 Å². The van der Waals surface area contributed by atoms with Crippen LogP contribution in [0.5, 0.6) is 0 Å². The first kappa shape index (κ1) is 24.9. The van der Waals surface area contributed by atoms with Gasteiger partial charge >= 0.3 is 12.4 Å². The number of hydrogen-bond acceptors (Lipinski definition) is 5. The Bertz CT molecular complexity index is 1140. The van der Waals surface area contributed by atoms with Gasteiger partial charge in [0.25, 0.3) is 0 Å². The maximum absolute atomic E-state index is 13.2. The molecule has 1 amide bonds. The number of alkyl halides is 6. The van der Waals surface area contributed by atoms with E-state index in [0.717, 1.165) is 29.3 Å². The predicted molar refractivity (Wildman–Crippen MR) is 105 cm³/mol. The molecule has 6 nitrogen and oxygen atoms in total. The van der Waals surface area contributed by atoms with Crippen LogP contribution < -0.4 is 4.90 Å². The number of carbonyl (C=O) groups is 1. The molecule has 1 saturated heterocycles. The zero-order chi connectivity index (χ0) is 24.8. The molecule has 180 valence electrons. The molecule has 33 heavy (non-hydrogen) atoms. The highest BCUT2D eigenvalue weighted by Crippen LogP contribution is 2.40. The molecule has 1 aromatic carbocycles. The molecule has 1 fully saturated rings. The maximum Gasteiger partial charge on any atom is 0.434 e. The summed E-state index contributed by atoms with van der Waals surface area (Å²) in [4.78, 5) is 20.2. The minimum absolute atomic E-state index is 0.0366. The van der Waals surface area contributed by atoms with Crippen molar-refractivity contribution in [3.05, 3.63) is 47.9 Å². The molecule has 0 spiro atoms. The maximum atomic E-state index is 13.2. The van der Waals surface area contributed by atoms with Crippen LogP contribution >= 0.6 is 0 Å². The highest BCUT2D eigenvalue weighted by molar-refractivity contribution is 7.92. The van der Waals surface area contributed by atoms with E-state index < -0.39 is 54.9 Å². The lowest BCUT2D eigenvalue weighted by atomic mass is 9.85. The molecule has 0 N–H and O–H groups in total. The minimum atomic E-state index is -4.72. The number of piperidine rings is 1. The summed E-state index contributed by atoms with van der Waals surface area (Å²) in [6.45, 7) is 2.65. The molecule has 0 bridgehead atoms. The van der Waals surface area contributed by atoms with E-state index in [-0.39, 0.29) is 25.2 Å². The van der Waals surface area contributed by atoms with Gasteiger partial charge in [-0.15, -0.1) is 0 Å². The second kappa shape index (κ2) is 8.26. The van der Waals surface area contributed by atoms with Gasteiger partial charge in [-0.05, 0) is 44.4 Å². The van der Waals surface area contributed by atoms with E-state index in [1.165, 1.54) is 13.8 Å². The lowest BCUT2D eigenvalue weighted by molar-refractivity contribution is -0.141. The zero-order valence-electron chi connectivity index (χ0n) is 17.4. The van der Waals surface area contributed by atoms with E-state index in [4.69, 9.17) is 0 Å². The van der Waals surface area contributed by atoms with E-state index in [1.54, 1.807) is 0 Å². The second-order valence-electron chi connectivity index (χ2n) is 8.13. The molecule has 1 aliphatic rings. The number of sulfone groups is 1. The number of aromatic nitrogens is 2. The van der Waals surface area contributed by atoms with Gasteiger partial charge < -0.3 is 0 Å². The van der Waals surface area contributed by atoms with Gasteiger partial charge in [0.05, 0.1) is 27.6 Å². The number of hydrogen-bond donors (Lipinski definition) is 0. The van der Waals surface area contributed by atoms with Gasteiger partial charge in [-0.3, -0.25) is 9.69 Å². The van der Waals surface area contributed by atoms with Crippen LogP contribution in [-0.4, -0.2) is 35.6 Å². The van der Waals surface area contributed by atoms with E-state index in [2.05, 4.69) is 9.97 Å². The third-order valence-corrected chi connectivity index (χ3v) is 8.37. The normalized spacial score (nSPS) is 18.5. The van der Waals surface area contributed by atoms with Gasteiger partial charge in [0.1, 0.15) is 0 Å². The summed E-state index contributed by atoms with van der Waals surface area (Å²) in [7, 11) is -4.27. The molecule has 0 radical (unpaired) electrons. The molecular formula is C20H19F6N3O3S. The van der Waals surface area contributed by atoms with Crippen LogP contribution in [0.4, 0.5) is 32.2 Å². The van der Waals surface area contributed by atoms with Crippen LogP contribution in [0.1, 0.15) is 37.9 Å². The van der Waals surface area contributed by atoms with Gasteiger partial charge in [-0.25, -0.2) is 18.4 Å². The molecule has 0 saturated carbocycles. The first-order chi connectivity index (χ1) is 15.0. The second-order valence-corrected chi connectivity index (χ2v) is 10.7. The summed E-state index contributed by atoms with van der Waals surface area (Å²) < 4.78 is 102. The minimum Gasteiger partial charge on any atom is -0.296 e. The Hall–Kier alpha value is -2.70. The van der Waals surface area contributed by atoms with Crippen molar-refractivity contribution in [2.75, 3.05) is 11.4 Å². The smallest absolute Gasteiger partial charge is 0.296 e. The monoisotopic (exact) mass is 495 g/mol. The van der Waals surface area contributed by atoms with E-state index in [9.17, 15) is 39.6 Å². The van der Waals surface area contributed by atoms with E-state index in [0.29, 0.717) is 12.3 Å². The Kier molecular flexibility index (Phi) is 6.24. The summed E-state index contributed by atoms with van der Waals surface area (Å²) in [5.74, 6) is -1.43. The molecule has 13 heteroatoms. The molecule has 0 aliphatic carbocycles. The van der Waals surface area contributed by atoms with Gasteiger partial charge in [0.15, 0.2) is 21.3 Å². The number of carbonyl (C=O) groups excluding carboxylic acids is 1. The Labute approximate surface area is 185 Å². The van der Waals surface area contributed by atoms with Crippen molar-refractivity contribution in [2.45, 2.75) is 48.7 Å². The van der Waals surface area contributed by atoms with E-state index in [1.807, 2.05) is 0 Å². The first-order valence-corrected chi connectivity index (χ1v) is 11.1. The number of halogens is 6. The molecule has 3 rings (SSSR count). The Morgan fingerprint density at radius 1 is 1.00 bits per heavy atom. The molecule has 1 atom stereocenters. The number of rotatable bonds is 4. The van der Waals surface area contributed by atoms with Crippen LogP contribution in [0, 0.1) is 5.92 Å². The summed E-state index contributed by atoms with van der Waals surface area (Å²) >= 11 is 0. The summed E-state index contributed by atoms with van der Waals surface area (Å²) in [5, 5.41) is 0. The summed E-state index contributed by atoms with van der Waals surface area (Å²) in [5.41, 5.74) is -2.33. The molecule has 2 heterocycles. The average molecular weight is 495 g/mol. The predicted octanol–water partition coefficient (Wildman–Crippen LogP) is 4.51. The van der Waals surface area contributed by atoms with Crippen molar-refractivity contribution in [3.63, 3.8) is 0 Å². The Morgan fingerprint density at radius 3 is 2.18 bits per heavy atom. The molecular weight excluding hydrogens is 476 g/mol. The topological polar surface area (TPSA) is 80.2 Å². The number of benzene rings is 1. The first-order valence-electron chi connectivity index (χ1n) is 9.66. The third-order valence-electron chi connectivity index (χ3n) is 5.78. The fourth-order valence-electron chi connectivity index (χ4n) is 3.64. The van der Waals surface area contributed by atoms with Gasteiger partial charge in [-0.1, -0.05) is 6.07 Å². The highest BCUT2D eigenvalue weighted by Gasteiger charge is 2.46.